The van der Waals surface area contributed by atoms with Crippen molar-refractivity contribution in [3.05, 3.63) is 94.8 Å². The van der Waals surface area contributed by atoms with Crippen LogP contribution in [0.2, 0.25) is 5.02 Å². The van der Waals surface area contributed by atoms with E-state index in [0.717, 1.165) is 0 Å². The van der Waals surface area contributed by atoms with Crippen LogP contribution in [0.5, 0.6) is 0 Å². The number of aliphatic hydroxyl groups is 1. The molecular formula is C24H18ClN3O4. The lowest BCUT2D eigenvalue weighted by Gasteiger charge is -2.25. The predicted molar refractivity (Wildman–Crippen MR) is 121 cm³/mol. The summed E-state index contributed by atoms with van der Waals surface area (Å²) in [5.74, 6) is -2.24. The molecule has 1 aromatic heterocycles. The Hall–Kier alpha value is -3.97. The summed E-state index contributed by atoms with van der Waals surface area (Å²) in [5, 5.41) is 14.1. The lowest BCUT2D eigenvalue weighted by Crippen LogP contribution is -2.29. The molecule has 0 spiro atoms. The zero-order valence-corrected chi connectivity index (χ0v) is 17.7. The number of nitrogens with one attached hydrogen (secondary N) is 1. The van der Waals surface area contributed by atoms with E-state index in [1.165, 1.54) is 24.1 Å². The Kier molecular flexibility index (Phi) is 5.75. The maximum atomic E-state index is 13.1. The van der Waals surface area contributed by atoms with Crippen molar-refractivity contribution < 1.29 is 19.5 Å². The van der Waals surface area contributed by atoms with Crippen LogP contribution in [0, 0.1) is 0 Å². The quantitative estimate of drug-likeness (QED) is 0.352. The Morgan fingerprint density at radius 1 is 1.09 bits per heavy atom. The number of hydrogen-bond donors (Lipinski definition) is 2. The molecule has 32 heavy (non-hydrogen) atoms. The highest BCUT2D eigenvalue weighted by molar-refractivity contribution is 6.51. The van der Waals surface area contributed by atoms with Gasteiger partial charge in [-0.1, -0.05) is 35.9 Å². The topological polar surface area (TPSA) is 99.6 Å². The summed E-state index contributed by atoms with van der Waals surface area (Å²) in [6.07, 6.45) is 3.11. The molecule has 2 amide bonds. The van der Waals surface area contributed by atoms with Crippen molar-refractivity contribution in [2.45, 2.75) is 13.0 Å². The number of rotatable bonds is 4. The molecule has 2 heterocycles. The van der Waals surface area contributed by atoms with Gasteiger partial charge < -0.3 is 10.4 Å². The van der Waals surface area contributed by atoms with Gasteiger partial charge in [0.1, 0.15) is 5.76 Å². The average Bonchev–Trinajstić information content (AvgIpc) is 3.04. The zero-order valence-electron chi connectivity index (χ0n) is 16.9. The summed E-state index contributed by atoms with van der Waals surface area (Å²) < 4.78 is 0. The number of carbonyl (C=O) groups excluding carboxylic acids is 3. The predicted octanol–water partition coefficient (Wildman–Crippen LogP) is 4.32. The molecule has 2 N–H and O–H groups in total. The van der Waals surface area contributed by atoms with E-state index < -0.39 is 17.7 Å². The van der Waals surface area contributed by atoms with E-state index in [-0.39, 0.29) is 17.2 Å². The number of ketones is 1. The second-order valence-electron chi connectivity index (χ2n) is 7.20. The molecule has 1 aliphatic rings. The molecule has 2 aromatic carbocycles. The first-order valence-electron chi connectivity index (χ1n) is 9.71. The molecule has 1 fully saturated rings. The molecular weight excluding hydrogens is 430 g/mol. The molecule has 0 bridgehead atoms. The number of aliphatic hydroxyl groups excluding tert-OH is 1. The number of hydrogen-bond acceptors (Lipinski definition) is 5. The number of amides is 2. The fraction of sp³-hybridized carbons (Fsp3) is 0.0833. The zero-order chi connectivity index (χ0) is 22.8. The van der Waals surface area contributed by atoms with Gasteiger partial charge in [0.25, 0.3) is 11.7 Å². The van der Waals surface area contributed by atoms with Crippen molar-refractivity contribution in [2.24, 2.45) is 0 Å². The summed E-state index contributed by atoms with van der Waals surface area (Å²) in [6.45, 7) is 1.37. The third-order valence-electron chi connectivity index (χ3n) is 4.99. The third kappa shape index (κ3) is 3.98. The third-order valence-corrected chi connectivity index (χ3v) is 5.22. The molecule has 0 saturated carbocycles. The highest BCUT2D eigenvalue weighted by Gasteiger charge is 2.47. The van der Waals surface area contributed by atoms with Gasteiger partial charge in [0.05, 0.1) is 11.6 Å². The number of anilines is 2. The van der Waals surface area contributed by atoms with Crippen molar-refractivity contribution in [3.63, 3.8) is 0 Å². The number of nitrogens with zero attached hydrogens (tertiary/aromatic N) is 2. The monoisotopic (exact) mass is 447 g/mol. The van der Waals surface area contributed by atoms with Gasteiger partial charge in [0, 0.05) is 41.3 Å². The fourth-order valence-corrected chi connectivity index (χ4v) is 3.87. The number of benzene rings is 2. The van der Waals surface area contributed by atoms with E-state index in [1.807, 2.05) is 0 Å². The van der Waals surface area contributed by atoms with Crippen LogP contribution in [0.4, 0.5) is 11.4 Å². The Labute approximate surface area is 189 Å². The van der Waals surface area contributed by atoms with Gasteiger partial charge in [0.2, 0.25) is 5.91 Å². The van der Waals surface area contributed by atoms with Crippen LogP contribution in [0.25, 0.3) is 5.76 Å². The summed E-state index contributed by atoms with van der Waals surface area (Å²) >= 11 is 6.06. The first-order chi connectivity index (χ1) is 15.4. The van der Waals surface area contributed by atoms with Crippen LogP contribution in [0.1, 0.15) is 24.1 Å². The van der Waals surface area contributed by atoms with Gasteiger partial charge in [-0.3, -0.25) is 24.3 Å². The molecule has 160 valence electrons. The lowest BCUT2D eigenvalue weighted by atomic mass is 9.96. The molecule has 1 atom stereocenters. The van der Waals surface area contributed by atoms with Crippen molar-refractivity contribution >= 4 is 46.3 Å². The molecule has 7 nitrogen and oxygen atoms in total. The SMILES string of the molecule is CC(=O)Nc1cccc(N2C(=O)C(=O)/C(=C(/O)c3cccc(Cl)c3)C2c2cccnc2)c1. The molecule has 1 unspecified atom stereocenters. The first kappa shape index (κ1) is 21.3. The number of pyridine rings is 1. The van der Waals surface area contributed by atoms with E-state index in [1.54, 1.807) is 60.8 Å². The van der Waals surface area contributed by atoms with Crippen molar-refractivity contribution in [2.75, 3.05) is 10.2 Å². The minimum atomic E-state index is -0.921. The Morgan fingerprint density at radius 3 is 2.56 bits per heavy atom. The second kappa shape index (κ2) is 8.64. The Morgan fingerprint density at radius 2 is 1.88 bits per heavy atom. The molecule has 0 radical (unpaired) electrons. The van der Waals surface area contributed by atoms with Gasteiger partial charge in [0.15, 0.2) is 0 Å². The normalized spacial score (nSPS) is 17.4. The van der Waals surface area contributed by atoms with E-state index in [9.17, 15) is 19.5 Å². The summed E-state index contributed by atoms with van der Waals surface area (Å²) in [4.78, 5) is 43.1. The van der Waals surface area contributed by atoms with Crippen LogP contribution >= 0.6 is 11.6 Å². The molecule has 1 aliphatic heterocycles. The number of halogens is 1. The molecule has 8 heteroatoms. The van der Waals surface area contributed by atoms with Crippen LogP contribution in [-0.2, 0) is 14.4 Å². The highest BCUT2D eigenvalue weighted by Crippen LogP contribution is 2.42. The minimum Gasteiger partial charge on any atom is -0.507 e. The number of carbonyl (C=O) groups is 3. The van der Waals surface area contributed by atoms with Gasteiger partial charge in [-0.2, -0.15) is 0 Å². The van der Waals surface area contributed by atoms with Crippen LogP contribution < -0.4 is 10.2 Å². The fourth-order valence-electron chi connectivity index (χ4n) is 3.68. The van der Waals surface area contributed by atoms with E-state index in [2.05, 4.69) is 10.3 Å². The van der Waals surface area contributed by atoms with Crippen LogP contribution in [0.15, 0.2) is 78.6 Å². The van der Waals surface area contributed by atoms with Crippen molar-refractivity contribution in [1.29, 1.82) is 0 Å². The summed E-state index contributed by atoms with van der Waals surface area (Å²) in [5.41, 5.74) is 1.64. The van der Waals surface area contributed by atoms with Crippen molar-refractivity contribution in [1.82, 2.24) is 4.98 Å². The van der Waals surface area contributed by atoms with Gasteiger partial charge in [-0.15, -0.1) is 0 Å². The number of Topliss-reactive ketones (excluding diaryl/α,β-unsaturated/α-hetero) is 1. The van der Waals surface area contributed by atoms with E-state index in [0.29, 0.717) is 27.5 Å². The Balaban J connectivity index is 1.91. The van der Waals surface area contributed by atoms with Crippen LogP contribution in [0.3, 0.4) is 0 Å². The van der Waals surface area contributed by atoms with E-state index >= 15 is 0 Å². The van der Waals surface area contributed by atoms with Crippen molar-refractivity contribution in [3.8, 4) is 0 Å². The minimum absolute atomic E-state index is 0.0739. The average molecular weight is 448 g/mol. The molecule has 3 aromatic rings. The standard InChI is InChI=1S/C24H18ClN3O4/c1-14(29)27-18-8-3-9-19(12-18)28-21(16-6-4-10-26-13-16)20(23(31)24(28)32)22(30)15-5-2-7-17(25)11-15/h2-13,21,30H,1H3,(H,27,29)/b22-20+. The summed E-state index contributed by atoms with van der Waals surface area (Å²) in [6, 6.07) is 15.5. The van der Waals surface area contributed by atoms with Gasteiger partial charge in [-0.25, -0.2) is 0 Å². The largest absolute Gasteiger partial charge is 0.507 e. The van der Waals surface area contributed by atoms with Crippen LogP contribution in [-0.4, -0.2) is 27.7 Å². The molecule has 0 aliphatic carbocycles. The maximum Gasteiger partial charge on any atom is 0.300 e. The van der Waals surface area contributed by atoms with Gasteiger partial charge in [-0.05, 0) is 42.0 Å². The van der Waals surface area contributed by atoms with E-state index in [4.69, 9.17) is 11.6 Å². The second-order valence-corrected chi connectivity index (χ2v) is 7.63. The first-order valence-corrected chi connectivity index (χ1v) is 10.1. The smallest absolute Gasteiger partial charge is 0.300 e. The highest BCUT2D eigenvalue weighted by atomic mass is 35.5. The molecule has 1 saturated heterocycles. The Bertz CT molecular complexity index is 1260. The molecule has 4 rings (SSSR count). The van der Waals surface area contributed by atoms with Gasteiger partial charge >= 0.3 is 0 Å². The maximum absolute atomic E-state index is 13.1. The summed E-state index contributed by atoms with van der Waals surface area (Å²) in [7, 11) is 0. The number of aromatic nitrogens is 1. The lowest BCUT2D eigenvalue weighted by molar-refractivity contribution is -0.132.